The molecule has 0 aromatic heterocycles. The molecule has 3 fully saturated rings. The minimum atomic E-state index is -3.83. The average Bonchev–Trinajstić information content (AvgIpc) is 3.38. The molecular weight excluding hydrogens is 510 g/mol. The highest BCUT2D eigenvalue weighted by Crippen LogP contribution is 2.40. The molecule has 2 saturated heterocycles. The third kappa shape index (κ3) is 5.98. The summed E-state index contributed by atoms with van der Waals surface area (Å²) < 4.78 is 34.9. The van der Waals surface area contributed by atoms with Crippen LogP contribution in [0, 0.1) is 0 Å². The van der Waals surface area contributed by atoms with E-state index in [1.165, 1.54) is 44.2 Å². The van der Waals surface area contributed by atoms with Crippen LogP contribution in [0.4, 0.5) is 4.79 Å². The van der Waals surface area contributed by atoms with Gasteiger partial charge in [-0.1, -0.05) is 61.2 Å². The number of rotatable bonds is 6. The van der Waals surface area contributed by atoms with E-state index in [1.54, 1.807) is 21.3 Å². The smallest absolute Gasteiger partial charge is 0.409 e. The van der Waals surface area contributed by atoms with E-state index in [0.717, 1.165) is 18.7 Å². The van der Waals surface area contributed by atoms with Crippen LogP contribution < -0.4 is 0 Å². The first-order valence-corrected chi connectivity index (χ1v) is 15.2. The predicted octanol–water partition coefficient (Wildman–Crippen LogP) is 5.32. The fourth-order valence-electron chi connectivity index (χ4n) is 6.07. The Morgan fingerprint density at radius 3 is 2.22 bits per heavy atom. The van der Waals surface area contributed by atoms with Crippen LogP contribution in [0.5, 0.6) is 0 Å². The number of amides is 1. The molecule has 7 nitrogen and oxygen atoms in total. The van der Waals surface area contributed by atoms with Gasteiger partial charge >= 0.3 is 6.09 Å². The second kappa shape index (κ2) is 11.7. The lowest BCUT2D eigenvalue weighted by molar-refractivity contribution is 0.0486. The van der Waals surface area contributed by atoms with Crippen LogP contribution in [0.15, 0.2) is 59.5 Å². The number of carbonyl (C=O) groups excluding carboxylic acids is 1. The van der Waals surface area contributed by atoms with E-state index in [9.17, 15) is 13.2 Å². The molecule has 1 saturated carbocycles. The number of nitrogens with zero attached hydrogens (tertiary/aromatic N) is 3. The molecule has 2 heterocycles. The van der Waals surface area contributed by atoms with Crippen molar-refractivity contribution in [2.24, 2.45) is 0 Å². The molecule has 0 radical (unpaired) electrons. The molecule has 0 bridgehead atoms. The third-order valence-corrected chi connectivity index (χ3v) is 10.3. The molecule has 5 rings (SSSR count). The number of carbonyl (C=O) groups is 1. The molecule has 2 atom stereocenters. The average molecular weight is 546 g/mol. The second-order valence-corrected chi connectivity index (χ2v) is 12.6. The van der Waals surface area contributed by atoms with E-state index in [4.69, 9.17) is 16.3 Å². The highest BCUT2D eigenvalue weighted by atomic mass is 35.5. The lowest BCUT2D eigenvalue weighted by Gasteiger charge is -2.40. The Hall–Kier alpha value is -2.13. The van der Waals surface area contributed by atoms with E-state index in [2.05, 4.69) is 4.90 Å². The van der Waals surface area contributed by atoms with Gasteiger partial charge in [0.25, 0.3) is 0 Å². The van der Waals surface area contributed by atoms with Crippen molar-refractivity contribution in [3.8, 4) is 0 Å². The molecule has 37 heavy (non-hydrogen) atoms. The monoisotopic (exact) mass is 545 g/mol. The first kappa shape index (κ1) is 26.5. The van der Waals surface area contributed by atoms with Gasteiger partial charge in [0, 0.05) is 37.2 Å². The summed E-state index contributed by atoms with van der Waals surface area (Å²) in [4.78, 5) is 17.4. The van der Waals surface area contributed by atoms with Crippen LogP contribution in [0.2, 0.25) is 5.02 Å². The standard InChI is InChI=1S/C28H36ClN3O4S/c29-23-11-14-26(15-12-23)37(34,35)32-25(13-16-27(32)22-7-3-1-4-8-22)21-36-28(33)31-19-17-30(18-20-31)24-9-5-2-6-10-24/h1,3-4,7-8,11-12,14-15,24-25,27H,2,5-6,9-10,13,16-21H2/t25-,27+/m1/s1. The summed E-state index contributed by atoms with van der Waals surface area (Å²) in [5.74, 6) is 0. The summed E-state index contributed by atoms with van der Waals surface area (Å²) in [6, 6.07) is 15.8. The van der Waals surface area contributed by atoms with Gasteiger partial charge in [-0.05, 0) is 55.5 Å². The molecule has 3 aliphatic rings. The zero-order valence-electron chi connectivity index (χ0n) is 21.2. The Kier molecular flexibility index (Phi) is 8.39. The predicted molar refractivity (Wildman–Crippen MR) is 144 cm³/mol. The Morgan fingerprint density at radius 2 is 1.54 bits per heavy atom. The van der Waals surface area contributed by atoms with Crippen molar-refractivity contribution >= 4 is 27.7 Å². The number of sulfonamides is 1. The van der Waals surface area contributed by atoms with Gasteiger partial charge in [-0.15, -0.1) is 0 Å². The minimum Gasteiger partial charge on any atom is -0.448 e. The molecule has 1 amide bonds. The van der Waals surface area contributed by atoms with Gasteiger partial charge in [0.2, 0.25) is 10.0 Å². The van der Waals surface area contributed by atoms with E-state index >= 15 is 0 Å². The highest BCUT2D eigenvalue weighted by molar-refractivity contribution is 7.89. The fourth-order valence-corrected chi connectivity index (χ4v) is 8.04. The number of benzene rings is 2. The van der Waals surface area contributed by atoms with Crippen molar-refractivity contribution in [3.05, 3.63) is 65.2 Å². The van der Waals surface area contributed by atoms with Gasteiger partial charge in [-0.25, -0.2) is 13.2 Å². The van der Waals surface area contributed by atoms with Crippen molar-refractivity contribution in [3.63, 3.8) is 0 Å². The summed E-state index contributed by atoms with van der Waals surface area (Å²) in [6.45, 7) is 3.09. The Morgan fingerprint density at radius 1 is 0.865 bits per heavy atom. The van der Waals surface area contributed by atoms with Crippen LogP contribution >= 0.6 is 11.6 Å². The Bertz CT molecular complexity index is 1150. The number of piperazine rings is 1. The van der Waals surface area contributed by atoms with Crippen LogP contribution in [0.25, 0.3) is 0 Å². The van der Waals surface area contributed by atoms with Gasteiger partial charge in [0.05, 0.1) is 17.0 Å². The Balaban J connectivity index is 1.25. The normalized spacial score (nSPS) is 24.3. The number of halogens is 1. The van der Waals surface area contributed by atoms with Gasteiger partial charge in [0.1, 0.15) is 6.61 Å². The van der Waals surface area contributed by atoms with Gasteiger partial charge in [-0.3, -0.25) is 4.90 Å². The van der Waals surface area contributed by atoms with Crippen LogP contribution in [0.3, 0.4) is 0 Å². The van der Waals surface area contributed by atoms with Gasteiger partial charge in [-0.2, -0.15) is 4.31 Å². The summed E-state index contributed by atoms with van der Waals surface area (Å²) >= 11 is 6.01. The lowest BCUT2D eigenvalue weighted by Crippen LogP contribution is -2.52. The first-order valence-electron chi connectivity index (χ1n) is 13.4. The van der Waals surface area contributed by atoms with Gasteiger partial charge < -0.3 is 9.64 Å². The lowest BCUT2D eigenvalue weighted by atomic mass is 9.94. The first-order chi connectivity index (χ1) is 17.9. The molecule has 0 unspecified atom stereocenters. The molecule has 0 N–H and O–H groups in total. The fraction of sp³-hybridized carbons (Fsp3) is 0.536. The summed E-state index contributed by atoms with van der Waals surface area (Å²) in [5, 5.41) is 0.481. The summed E-state index contributed by atoms with van der Waals surface area (Å²) in [6.07, 6.45) is 7.38. The largest absolute Gasteiger partial charge is 0.448 e. The molecule has 2 aromatic rings. The maximum absolute atomic E-state index is 13.8. The number of ether oxygens (including phenoxy) is 1. The third-order valence-electron chi connectivity index (χ3n) is 8.08. The maximum atomic E-state index is 13.8. The zero-order chi connectivity index (χ0) is 25.8. The van der Waals surface area contributed by atoms with Crippen molar-refractivity contribution in [1.29, 1.82) is 0 Å². The van der Waals surface area contributed by atoms with Crippen molar-refractivity contribution in [2.75, 3.05) is 32.8 Å². The van der Waals surface area contributed by atoms with E-state index < -0.39 is 16.1 Å². The van der Waals surface area contributed by atoms with Gasteiger partial charge in [0.15, 0.2) is 0 Å². The van der Waals surface area contributed by atoms with E-state index in [1.807, 2.05) is 30.3 Å². The SMILES string of the molecule is O=C(OC[C@H]1CC[C@@H](c2ccccc2)N1S(=O)(=O)c1ccc(Cl)cc1)N1CCN(C2CCCCC2)CC1. The zero-order valence-corrected chi connectivity index (χ0v) is 22.7. The number of hydrogen-bond donors (Lipinski definition) is 0. The van der Waals surface area contributed by atoms with Crippen molar-refractivity contribution in [2.45, 2.75) is 68.0 Å². The second-order valence-electron chi connectivity index (χ2n) is 10.3. The quantitative estimate of drug-likeness (QED) is 0.491. The topological polar surface area (TPSA) is 70.2 Å². The molecule has 0 spiro atoms. The molecule has 2 aromatic carbocycles. The van der Waals surface area contributed by atoms with Crippen LogP contribution in [-0.4, -0.2) is 73.5 Å². The molecule has 9 heteroatoms. The molecule has 1 aliphatic carbocycles. The molecule has 2 aliphatic heterocycles. The van der Waals surface area contributed by atoms with E-state index in [-0.39, 0.29) is 23.6 Å². The van der Waals surface area contributed by atoms with E-state index in [0.29, 0.717) is 37.0 Å². The van der Waals surface area contributed by atoms with Crippen LogP contribution in [0.1, 0.15) is 56.6 Å². The summed E-state index contributed by atoms with van der Waals surface area (Å²) in [5.41, 5.74) is 0.938. The summed E-state index contributed by atoms with van der Waals surface area (Å²) in [7, 11) is -3.83. The molecule has 200 valence electrons. The van der Waals surface area contributed by atoms with Crippen molar-refractivity contribution in [1.82, 2.24) is 14.1 Å². The Labute approximate surface area is 225 Å². The van der Waals surface area contributed by atoms with Crippen molar-refractivity contribution < 1.29 is 17.9 Å². The molecular formula is C28H36ClN3O4S. The van der Waals surface area contributed by atoms with Crippen LogP contribution in [-0.2, 0) is 14.8 Å². The highest BCUT2D eigenvalue weighted by Gasteiger charge is 2.43. The number of hydrogen-bond acceptors (Lipinski definition) is 5. The minimum absolute atomic E-state index is 0.0395. The maximum Gasteiger partial charge on any atom is 0.409 e.